The highest BCUT2D eigenvalue weighted by Crippen LogP contribution is 2.31. The monoisotopic (exact) mass is 298 g/mol. The Morgan fingerprint density at radius 3 is 2.57 bits per heavy atom. The van der Waals surface area contributed by atoms with Gasteiger partial charge < -0.3 is 5.32 Å². The zero-order valence-corrected chi connectivity index (χ0v) is 11.7. The molecule has 0 radical (unpaired) electrons. The highest BCUT2D eigenvalue weighted by Gasteiger charge is 2.29. The SMILES string of the molecule is C=NN1CCCC(c2cc(F)c(F)c(F)c2)/C1=N/CNC. The number of amidine groups is 1. The Morgan fingerprint density at radius 2 is 2.00 bits per heavy atom. The summed E-state index contributed by atoms with van der Waals surface area (Å²) in [4.78, 5) is 4.35. The second-order valence-corrected chi connectivity index (χ2v) is 4.79. The van der Waals surface area contributed by atoms with Gasteiger partial charge in [0.15, 0.2) is 17.5 Å². The molecule has 2 rings (SSSR count). The molecule has 4 nitrogen and oxygen atoms in total. The Morgan fingerprint density at radius 1 is 1.33 bits per heavy atom. The van der Waals surface area contributed by atoms with E-state index < -0.39 is 17.5 Å². The fourth-order valence-electron chi connectivity index (χ4n) is 2.46. The van der Waals surface area contributed by atoms with E-state index in [0.717, 1.165) is 18.6 Å². The van der Waals surface area contributed by atoms with E-state index in [1.807, 2.05) is 0 Å². The highest BCUT2D eigenvalue weighted by atomic mass is 19.2. The van der Waals surface area contributed by atoms with Gasteiger partial charge in [-0.3, -0.25) is 10.0 Å². The largest absolute Gasteiger partial charge is 0.301 e. The molecule has 1 saturated heterocycles. The van der Waals surface area contributed by atoms with E-state index in [9.17, 15) is 13.2 Å². The van der Waals surface area contributed by atoms with E-state index in [2.05, 4.69) is 22.1 Å². The molecule has 0 aliphatic carbocycles. The molecule has 114 valence electrons. The van der Waals surface area contributed by atoms with Crippen molar-refractivity contribution in [1.82, 2.24) is 10.3 Å². The van der Waals surface area contributed by atoms with Crippen molar-refractivity contribution in [2.45, 2.75) is 18.8 Å². The van der Waals surface area contributed by atoms with Crippen LogP contribution in [0.1, 0.15) is 24.3 Å². The lowest BCUT2D eigenvalue weighted by Crippen LogP contribution is -2.37. The van der Waals surface area contributed by atoms with Crippen molar-refractivity contribution in [3.8, 4) is 0 Å². The van der Waals surface area contributed by atoms with Gasteiger partial charge in [-0.2, -0.15) is 5.10 Å². The van der Waals surface area contributed by atoms with Gasteiger partial charge in [-0.15, -0.1) is 0 Å². The van der Waals surface area contributed by atoms with Crippen molar-refractivity contribution < 1.29 is 13.2 Å². The van der Waals surface area contributed by atoms with Crippen LogP contribution in [0.15, 0.2) is 22.2 Å². The summed E-state index contributed by atoms with van der Waals surface area (Å²) in [5, 5.41) is 8.38. The Bertz CT molecular complexity index is 536. The number of nitrogens with one attached hydrogen (secondary N) is 1. The maximum absolute atomic E-state index is 13.4. The van der Waals surface area contributed by atoms with Gasteiger partial charge in [-0.05, 0) is 37.6 Å². The molecule has 1 aromatic carbocycles. The van der Waals surface area contributed by atoms with Gasteiger partial charge in [-0.25, -0.2) is 13.2 Å². The van der Waals surface area contributed by atoms with E-state index in [1.54, 1.807) is 12.1 Å². The number of hydrogen-bond donors (Lipinski definition) is 1. The molecule has 1 N–H and O–H groups in total. The lowest BCUT2D eigenvalue weighted by atomic mass is 9.89. The Balaban J connectivity index is 2.41. The van der Waals surface area contributed by atoms with Gasteiger partial charge in [0.25, 0.3) is 0 Å². The van der Waals surface area contributed by atoms with Gasteiger partial charge in [0, 0.05) is 19.2 Å². The molecule has 1 atom stereocenters. The van der Waals surface area contributed by atoms with Gasteiger partial charge in [0.1, 0.15) is 5.84 Å². The van der Waals surface area contributed by atoms with Gasteiger partial charge in [0.05, 0.1) is 6.67 Å². The minimum Gasteiger partial charge on any atom is -0.301 e. The normalized spacial score (nSPS) is 20.9. The van der Waals surface area contributed by atoms with Crippen molar-refractivity contribution in [1.29, 1.82) is 0 Å². The van der Waals surface area contributed by atoms with E-state index in [4.69, 9.17) is 0 Å². The number of aliphatic imine (C=N–C) groups is 1. The molecule has 21 heavy (non-hydrogen) atoms. The van der Waals surface area contributed by atoms with Crippen LogP contribution in [0.5, 0.6) is 0 Å². The predicted molar refractivity (Wildman–Crippen MR) is 75.9 cm³/mol. The summed E-state index contributed by atoms with van der Waals surface area (Å²) >= 11 is 0. The maximum Gasteiger partial charge on any atom is 0.194 e. The first-order chi connectivity index (χ1) is 10.1. The van der Waals surface area contributed by atoms with E-state index in [1.165, 1.54) is 0 Å². The topological polar surface area (TPSA) is 40.0 Å². The summed E-state index contributed by atoms with van der Waals surface area (Å²) in [7, 11) is 1.74. The van der Waals surface area contributed by atoms with Crippen LogP contribution < -0.4 is 5.32 Å². The molecular formula is C14H17F3N4. The van der Waals surface area contributed by atoms with E-state index >= 15 is 0 Å². The number of hydrogen-bond acceptors (Lipinski definition) is 3. The van der Waals surface area contributed by atoms with E-state index in [0.29, 0.717) is 31.0 Å². The summed E-state index contributed by atoms with van der Waals surface area (Å²) < 4.78 is 40.0. The molecule has 0 saturated carbocycles. The van der Waals surface area contributed by atoms with Crippen LogP contribution in [-0.2, 0) is 0 Å². The molecule has 1 fully saturated rings. The predicted octanol–water partition coefficient (Wildman–Crippen LogP) is 2.47. The first-order valence-corrected chi connectivity index (χ1v) is 6.66. The number of benzene rings is 1. The molecule has 1 aliphatic heterocycles. The van der Waals surface area contributed by atoms with Crippen molar-refractivity contribution in [2.75, 3.05) is 20.3 Å². The van der Waals surface area contributed by atoms with Crippen LogP contribution in [0.4, 0.5) is 13.2 Å². The number of hydrazone groups is 1. The average Bonchev–Trinajstić information content (AvgIpc) is 2.49. The van der Waals surface area contributed by atoms with Gasteiger partial charge in [-0.1, -0.05) is 0 Å². The van der Waals surface area contributed by atoms with Crippen LogP contribution in [0.3, 0.4) is 0 Å². The standard InChI is InChI=1S/C14H17F3N4/c1-18-8-20-14-10(4-3-5-21(14)19-2)9-6-11(15)13(17)12(16)7-9/h6-7,10,18H,2-5,8H2,1H3/b20-14-. The molecule has 0 spiro atoms. The Hall–Kier alpha value is -1.89. The van der Waals surface area contributed by atoms with Crippen LogP contribution in [0, 0.1) is 17.5 Å². The lowest BCUT2D eigenvalue weighted by molar-refractivity contribution is 0.370. The van der Waals surface area contributed by atoms with E-state index in [-0.39, 0.29) is 5.92 Å². The Kier molecular flexibility index (Phi) is 4.95. The van der Waals surface area contributed by atoms with Crippen molar-refractivity contribution >= 4 is 12.6 Å². The van der Waals surface area contributed by atoms with Crippen LogP contribution >= 0.6 is 0 Å². The summed E-state index contributed by atoms with van der Waals surface area (Å²) in [6.07, 6.45) is 1.45. The fraction of sp³-hybridized carbons (Fsp3) is 0.429. The third-order valence-electron chi connectivity index (χ3n) is 3.42. The third kappa shape index (κ3) is 3.24. The molecular weight excluding hydrogens is 281 g/mol. The number of rotatable bonds is 4. The average molecular weight is 298 g/mol. The van der Waals surface area contributed by atoms with Gasteiger partial charge in [0.2, 0.25) is 0 Å². The fourth-order valence-corrected chi connectivity index (χ4v) is 2.46. The quantitative estimate of drug-likeness (QED) is 0.685. The summed E-state index contributed by atoms with van der Waals surface area (Å²) in [6, 6.07) is 2.04. The lowest BCUT2D eigenvalue weighted by Gasteiger charge is -2.32. The van der Waals surface area contributed by atoms with Crippen LogP contribution in [0.25, 0.3) is 0 Å². The van der Waals surface area contributed by atoms with Gasteiger partial charge >= 0.3 is 0 Å². The van der Waals surface area contributed by atoms with Crippen LogP contribution in [-0.4, -0.2) is 37.8 Å². The minimum atomic E-state index is -1.46. The van der Waals surface area contributed by atoms with Crippen molar-refractivity contribution in [2.24, 2.45) is 10.1 Å². The number of halogens is 3. The first-order valence-electron chi connectivity index (χ1n) is 6.66. The molecule has 0 bridgehead atoms. The zero-order chi connectivity index (χ0) is 15.4. The number of nitrogens with zero attached hydrogens (tertiary/aromatic N) is 3. The molecule has 0 amide bonds. The summed E-state index contributed by atoms with van der Waals surface area (Å²) in [6.45, 7) is 4.49. The molecule has 0 aromatic heterocycles. The van der Waals surface area contributed by atoms with Crippen molar-refractivity contribution in [3.05, 3.63) is 35.1 Å². The smallest absolute Gasteiger partial charge is 0.194 e. The van der Waals surface area contributed by atoms with Crippen LogP contribution in [0.2, 0.25) is 0 Å². The maximum atomic E-state index is 13.4. The molecule has 1 aliphatic rings. The Labute approximate surface area is 121 Å². The summed E-state index contributed by atoms with van der Waals surface area (Å²) in [5.41, 5.74) is 0.356. The zero-order valence-electron chi connectivity index (χ0n) is 11.7. The molecule has 1 heterocycles. The molecule has 1 aromatic rings. The molecule has 7 heteroatoms. The number of piperidine rings is 1. The second kappa shape index (κ2) is 6.71. The first kappa shape index (κ1) is 15.5. The third-order valence-corrected chi connectivity index (χ3v) is 3.42. The highest BCUT2D eigenvalue weighted by molar-refractivity contribution is 5.89. The van der Waals surface area contributed by atoms with Crippen molar-refractivity contribution in [3.63, 3.8) is 0 Å². The minimum absolute atomic E-state index is 0.331. The summed E-state index contributed by atoms with van der Waals surface area (Å²) in [5.74, 6) is -3.59. The molecule has 1 unspecified atom stereocenters. The second-order valence-electron chi connectivity index (χ2n) is 4.79.